The molecule has 2 fully saturated rings. The highest BCUT2D eigenvalue weighted by Gasteiger charge is 2.32. The summed E-state index contributed by atoms with van der Waals surface area (Å²) in [7, 11) is 0. The number of rotatable bonds is 2. The van der Waals surface area contributed by atoms with Gasteiger partial charge in [-0.05, 0) is 37.9 Å². The van der Waals surface area contributed by atoms with Crippen LogP contribution < -0.4 is 10.9 Å². The average Bonchev–Trinajstić information content (AvgIpc) is 3.06. The zero-order valence-electron chi connectivity index (χ0n) is 11.7. The maximum atomic E-state index is 12.0. The molecule has 0 radical (unpaired) electrons. The number of nitrogens with one attached hydrogen (secondary N) is 1. The summed E-state index contributed by atoms with van der Waals surface area (Å²) in [5.74, 6) is 1.62. The third-order valence-corrected chi connectivity index (χ3v) is 5.29. The monoisotopic (exact) mass is 326 g/mol. The number of hydrogen-bond acceptors (Lipinski definition) is 5. The Hall–Kier alpha value is -0.950. The van der Waals surface area contributed by atoms with Crippen molar-refractivity contribution in [2.45, 2.75) is 13.0 Å². The molecule has 0 aliphatic carbocycles. The Kier molecular flexibility index (Phi) is 4.31. The minimum atomic E-state index is 0. The van der Waals surface area contributed by atoms with Gasteiger partial charge in [0.15, 0.2) is 4.96 Å². The van der Waals surface area contributed by atoms with Gasteiger partial charge in [-0.25, -0.2) is 4.98 Å². The van der Waals surface area contributed by atoms with E-state index in [9.17, 15) is 4.79 Å². The molecule has 1 N–H and O–H groups in total. The summed E-state index contributed by atoms with van der Waals surface area (Å²) in [5.41, 5.74) is 0.936. The molecule has 4 rings (SSSR count). The van der Waals surface area contributed by atoms with Crippen molar-refractivity contribution in [1.29, 1.82) is 0 Å². The fraction of sp³-hybridized carbons (Fsp3) is 0.571. The molecule has 2 atom stereocenters. The Labute approximate surface area is 133 Å². The summed E-state index contributed by atoms with van der Waals surface area (Å²) >= 11 is 1.52. The van der Waals surface area contributed by atoms with Gasteiger partial charge in [-0.1, -0.05) is 0 Å². The van der Waals surface area contributed by atoms with Crippen molar-refractivity contribution < 1.29 is 0 Å². The lowest BCUT2D eigenvalue weighted by atomic mass is 9.89. The third kappa shape index (κ3) is 2.85. The second kappa shape index (κ2) is 6.04. The molecule has 7 heteroatoms. The van der Waals surface area contributed by atoms with Gasteiger partial charge in [0, 0.05) is 30.7 Å². The maximum absolute atomic E-state index is 12.0. The summed E-state index contributed by atoms with van der Waals surface area (Å²) in [6, 6.07) is 1.68. The lowest BCUT2D eigenvalue weighted by Gasteiger charge is -2.34. The molecule has 4 heterocycles. The van der Waals surface area contributed by atoms with E-state index in [0.717, 1.165) is 48.7 Å². The fourth-order valence-electron chi connectivity index (χ4n) is 3.45. The Morgan fingerprint density at radius 2 is 2.24 bits per heavy atom. The summed E-state index contributed by atoms with van der Waals surface area (Å²) in [4.78, 5) is 19.8. The predicted molar refractivity (Wildman–Crippen MR) is 86.3 cm³/mol. The van der Waals surface area contributed by atoms with Crippen LogP contribution in [0.3, 0.4) is 0 Å². The summed E-state index contributed by atoms with van der Waals surface area (Å²) in [6.07, 6.45) is 3.05. The molecule has 21 heavy (non-hydrogen) atoms. The minimum Gasteiger partial charge on any atom is -0.316 e. The molecule has 5 nitrogen and oxygen atoms in total. The molecule has 2 aliphatic rings. The van der Waals surface area contributed by atoms with Crippen molar-refractivity contribution in [2.24, 2.45) is 11.8 Å². The van der Waals surface area contributed by atoms with E-state index in [4.69, 9.17) is 0 Å². The van der Waals surface area contributed by atoms with Crippen LogP contribution in [0.5, 0.6) is 0 Å². The summed E-state index contributed by atoms with van der Waals surface area (Å²) < 4.78 is 1.61. The fourth-order valence-corrected chi connectivity index (χ4v) is 4.19. The van der Waals surface area contributed by atoms with Crippen LogP contribution in [0.25, 0.3) is 4.96 Å². The Morgan fingerprint density at radius 3 is 3.14 bits per heavy atom. The molecule has 2 saturated heterocycles. The molecular formula is C14H19ClN4OS. The number of hydrogen-bond donors (Lipinski definition) is 1. The largest absolute Gasteiger partial charge is 0.316 e. The molecule has 0 aromatic carbocycles. The number of halogens is 1. The van der Waals surface area contributed by atoms with Crippen LogP contribution in [0, 0.1) is 11.8 Å². The molecule has 2 unspecified atom stereocenters. The SMILES string of the molecule is Cl.O=c1cc(CN2CCC3CNCC3C2)nc2sccn12. The van der Waals surface area contributed by atoms with Crippen LogP contribution in [0.15, 0.2) is 22.4 Å². The normalized spacial score (nSPS) is 25.7. The lowest BCUT2D eigenvalue weighted by molar-refractivity contribution is 0.141. The van der Waals surface area contributed by atoms with Gasteiger partial charge in [-0.2, -0.15) is 0 Å². The first-order valence-electron chi connectivity index (χ1n) is 7.18. The second-order valence-electron chi connectivity index (χ2n) is 5.84. The zero-order valence-corrected chi connectivity index (χ0v) is 13.3. The van der Waals surface area contributed by atoms with Gasteiger partial charge >= 0.3 is 0 Å². The van der Waals surface area contributed by atoms with Gasteiger partial charge in [0.25, 0.3) is 5.56 Å². The van der Waals surface area contributed by atoms with Gasteiger partial charge in [-0.15, -0.1) is 23.7 Å². The first kappa shape index (κ1) is 15.0. The lowest BCUT2D eigenvalue weighted by Crippen LogP contribution is -2.39. The first-order chi connectivity index (χ1) is 9.79. The summed E-state index contributed by atoms with van der Waals surface area (Å²) in [5, 5.41) is 5.39. The third-order valence-electron chi connectivity index (χ3n) is 4.53. The van der Waals surface area contributed by atoms with Gasteiger partial charge < -0.3 is 5.32 Å². The number of fused-ring (bicyclic) bond motifs is 2. The van der Waals surface area contributed by atoms with Crippen molar-refractivity contribution in [1.82, 2.24) is 19.6 Å². The highest BCUT2D eigenvalue weighted by atomic mass is 35.5. The topological polar surface area (TPSA) is 49.6 Å². The van der Waals surface area contributed by atoms with Gasteiger partial charge in [0.1, 0.15) is 0 Å². The highest BCUT2D eigenvalue weighted by molar-refractivity contribution is 7.15. The van der Waals surface area contributed by atoms with E-state index in [1.807, 2.05) is 5.38 Å². The maximum Gasteiger partial charge on any atom is 0.258 e. The molecular weight excluding hydrogens is 308 g/mol. The molecule has 114 valence electrons. The van der Waals surface area contributed by atoms with Crippen molar-refractivity contribution in [3.63, 3.8) is 0 Å². The van der Waals surface area contributed by atoms with Crippen LogP contribution in [-0.4, -0.2) is 40.5 Å². The van der Waals surface area contributed by atoms with Crippen molar-refractivity contribution in [3.8, 4) is 0 Å². The van der Waals surface area contributed by atoms with Gasteiger partial charge in [0.05, 0.1) is 5.69 Å². The summed E-state index contributed by atoms with van der Waals surface area (Å²) in [6.45, 7) is 5.37. The van der Waals surface area contributed by atoms with Crippen LogP contribution in [-0.2, 0) is 6.54 Å². The van der Waals surface area contributed by atoms with Gasteiger partial charge in [0.2, 0.25) is 0 Å². The van der Waals surface area contributed by atoms with E-state index in [1.54, 1.807) is 16.7 Å². The number of likely N-dealkylation sites (tertiary alicyclic amines) is 1. The van der Waals surface area contributed by atoms with Crippen LogP contribution in [0.1, 0.15) is 12.1 Å². The minimum absolute atomic E-state index is 0. The van der Waals surface area contributed by atoms with Crippen molar-refractivity contribution in [3.05, 3.63) is 33.7 Å². The molecule has 0 bridgehead atoms. The van der Waals surface area contributed by atoms with E-state index >= 15 is 0 Å². The predicted octanol–water partition coefficient (Wildman–Crippen LogP) is 1.22. The molecule has 2 aliphatic heterocycles. The van der Waals surface area contributed by atoms with Crippen LogP contribution in [0.4, 0.5) is 0 Å². The molecule has 0 amide bonds. The molecule has 0 spiro atoms. The number of nitrogens with zero attached hydrogens (tertiary/aromatic N) is 3. The van der Waals surface area contributed by atoms with Crippen molar-refractivity contribution >= 4 is 28.7 Å². The van der Waals surface area contributed by atoms with E-state index in [1.165, 1.54) is 24.3 Å². The first-order valence-corrected chi connectivity index (χ1v) is 8.06. The number of piperidine rings is 1. The number of aromatic nitrogens is 2. The quantitative estimate of drug-likeness (QED) is 0.901. The molecule has 2 aromatic rings. The van der Waals surface area contributed by atoms with Crippen LogP contribution >= 0.6 is 23.7 Å². The number of thiazole rings is 1. The Morgan fingerprint density at radius 1 is 1.38 bits per heavy atom. The second-order valence-corrected chi connectivity index (χ2v) is 6.72. The van der Waals surface area contributed by atoms with E-state index in [-0.39, 0.29) is 18.0 Å². The van der Waals surface area contributed by atoms with E-state index < -0.39 is 0 Å². The van der Waals surface area contributed by atoms with E-state index in [0.29, 0.717) is 0 Å². The zero-order chi connectivity index (χ0) is 13.5. The van der Waals surface area contributed by atoms with E-state index in [2.05, 4.69) is 15.2 Å². The molecule has 2 aromatic heterocycles. The highest BCUT2D eigenvalue weighted by Crippen LogP contribution is 2.27. The Balaban J connectivity index is 0.00000132. The van der Waals surface area contributed by atoms with Crippen LogP contribution in [0.2, 0.25) is 0 Å². The standard InChI is InChI=1S/C14H18N4OS.ClH/c19-13-5-12(16-14-18(13)3-4-20-14)9-17-2-1-10-6-15-7-11(10)8-17;/h3-5,10-11,15H,1-2,6-9H2;1H. The Bertz CT molecular complexity index is 685. The molecule has 0 saturated carbocycles. The van der Waals surface area contributed by atoms with Gasteiger partial charge in [-0.3, -0.25) is 14.1 Å². The smallest absolute Gasteiger partial charge is 0.258 e. The van der Waals surface area contributed by atoms with Crippen molar-refractivity contribution in [2.75, 3.05) is 26.2 Å². The average molecular weight is 327 g/mol.